The van der Waals surface area contributed by atoms with Crippen molar-refractivity contribution in [2.45, 2.75) is 13.3 Å². The predicted molar refractivity (Wildman–Crippen MR) is 77.8 cm³/mol. The smallest absolute Gasteiger partial charge is 0.427 e. The number of hydrazone groups is 1. The van der Waals surface area contributed by atoms with Crippen LogP contribution in [0.25, 0.3) is 0 Å². The molecule has 1 rings (SSSR count). The van der Waals surface area contributed by atoms with Gasteiger partial charge in [0.15, 0.2) is 0 Å². The summed E-state index contributed by atoms with van der Waals surface area (Å²) < 4.78 is 35.2. The molecular formula is C13H13BrF2N2O4. The quantitative estimate of drug-likeness (QED) is 0.485. The minimum Gasteiger partial charge on any atom is -0.459 e. The standard InChI is InChI=1S/C13H13BrF2N2O4/c1-7(19)22-6-11(17-18-13(20)21-2)8-3-4-10(14)9(5-8)12(15)16/h3-5,12H,6H2,1-2H3,(H,18,20). The first-order valence-corrected chi connectivity index (χ1v) is 6.76. The van der Waals surface area contributed by atoms with Gasteiger partial charge in [-0.25, -0.2) is 19.0 Å². The van der Waals surface area contributed by atoms with Gasteiger partial charge in [0, 0.05) is 22.5 Å². The first-order chi connectivity index (χ1) is 10.3. The number of rotatable bonds is 5. The molecule has 0 atom stereocenters. The topological polar surface area (TPSA) is 77.0 Å². The number of carbonyl (C=O) groups excluding carboxylic acids is 2. The lowest BCUT2D eigenvalue weighted by Crippen LogP contribution is -2.22. The summed E-state index contributed by atoms with van der Waals surface area (Å²) in [5, 5.41) is 3.72. The fourth-order valence-electron chi connectivity index (χ4n) is 1.40. The Labute approximate surface area is 133 Å². The van der Waals surface area contributed by atoms with E-state index in [4.69, 9.17) is 4.74 Å². The molecule has 1 amide bonds. The second-order valence-electron chi connectivity index (χ2n) is 3.98. The first-order valence-electron chi connectivity index (χ1n) is 5.97. The molecule has 0 radical (unpaired) electrons. The number of amides is 1. The lowest BCUT2D eigenvalue weighted by molar-refractivity contribution is -0.139. The van der Waals surface area contributed by atoms with Gasteiger partial charge in [-0.3, -0.25) is 4.79 Å². The minimum absolute atomic E-state index is 0.0926. The molecule has 6 nitrogen and oxygen atoms in total. The van der Waals surface area contributed by atoms with Crippen LogP contribution in [0.5, 0.6) is 0 Å². The lowest BCUT2D eigenvalue weighted by atomic mass is 10.1. The normalized spacial score (nSPS) is 11.3. The van der Waals surface area contributed by atoms with Crippen molar-refractivity contribution in [3.05, 3.63) is 33.8 Å². The maximum absolute atomic E-state index is 12.9. The minimum atomic E-state index is -2.70. The highest BCUT2D eigenvalue weighted by molar-refractivity contribution is 9.10. The maximum Gasteiger partial charge on any atom is 0.427 e. The van der Waals surface area contributed by atoms with Crippen molar-refractivity contribution < 1.29 is 27.8 Å². The zero-order valence-electron chi connectivity index (χ0n) is 11.7. The van der Waals surface area contributed by atoms with Gasteiger partial charge in [0.1, 0.15) is 12.3 Å². The number of halogens is 3. The van der Waals surface area contributed by atoms with Crippen LogP contribution in [0, 0.1) is 0 Å². The van der Waals surface area contributed by atoms with Crippen LogP contribution in [0.3, 0.4) is 0 Å². The van der Waals surface area contributed by atoms with Gasteiger partial charge < -0.3 is 9.47 Å². The largest absolute Gasteiger partial charge is 0.459 e. The molecule has 0 heterocycles. The summed E-state index contributed by atoms with van der Waals surface area (Å²) in [4.78, 5) is 21.9. The molecule has 0 bridgehead atoms. The van der Waals surface area contributed by atoms with E-state index in [1.54, 1.807) is 0 Å². The van der Waals surface area contributed by atoms with E-state index in [1.807, 2.05) is 0 Å². The summed E-state index contributed by atoms with van der Waals surface area (Å²) in [6.45, 7) is 0.904. The van der Waals surface area contributed by atoms with Crippen molar-refractivity contribution in [1.82, 2.24) is 5.43 Å². The van der Waals surface area contributed by atoms with Gasteiger partial charge in [0.2, 0.25) is 0 Å². The van der Waals surface area contributed by atoms with Crippen molar-refractivity contribution in [3.8, 4) is 0 Å². The zero-order valence-corrected chi connectivity index (χ0v) is 13.3. The highest BCUT2D eigenvalue weighted by Gasteiger charge is 2.15. The molecule has 0 aliphatic carbocycles. The Bertz CT molecular complexity index is 593. The van der Waals surface area contributed by atoms with E-state index in [2.05, 4.69) is 31.2 Å². The molecule has 0 saturated heterocycles. The number of ether oxygens (including phenoxy) is 2. The van der Waals surface area contributed by atoms with Crippen LogP contribution < -0.4 is 5.43 Å². The van der Waals surface area contributed by atoms with E-state index in [1.165, 1.54) is 25.1 Å². The van der Waals surface area contributed by atoms with Crippen LogP contribution in [-0.2, 0) is 14.3 Å². The third kappa shape index (κ3) is 5.40. The van der Waals surface area contributed by atoms with E-state index < -0.39 is 18.5 Å². The number of nitrogens with zero attached hydrogens (tertiary/aromatic N) is 1. The molecule has 0 spiro atoms. The molecule has 1 N–H and O–H groups in total. The average Bonchev–Trinajstić information content (AvgIpc) is 2.47. The van der Waals surface area contributed by atoms with E-state index >= 15 is 0 Å². The Morgan fingerprint density at radius 3 is 2.64 bits per heavy atom. The SMILES string of the molecule is COC(=O)NN=C(COC(C)=O)c1ccc(Br)c(C(F)F)c1. The zero-order chi connectivity index (χ0) is 16.7. The second kappa shape index (κ2) is 8.42. The number of benzene rings is 1. The number of nitrogens with one attached hydrogen (secondary N) is 1. The number of hydrogen-bond acceptors (Lipinski definition) is 5. The van der Waals surface area contributed by atoms with Crippen LogP contribution in [0.1, 0.15) is 24.5 Å². The number of esters is 1. The molecule has 1 aromatic rings. The molecule has 0 unspecified atom stereocenters. The van der Waals surface area contributed by atoms with Crippen molar-refractivity contribution in [1.29, 1.82) is 0 Å². The summed E-state index contributed by atoms with van der Waals surface area (Å²) in [6.07, 6.45) is -3.54. The summed E-state index contributed by atoms with van der Waals surface area (Å²) >= 11 is 3.02. The first kappa shape index (κ1) is 18.0. The lowest BCUT2D eigenvalue weighted by Gasteiger charge is -2.10. The van der Waals surface area contributed by atoms with Gasteiger partial charge in [-0.15, -0.1) is 0 Å². The monoisotopic (exact) mass is 378 g/mol. The Morgan fingerprint density at radius 1 is 1.41 bits per heavy atom. The van der Waals surface area contributed by atoms with Gasteiger partial charge in [-0.05, 0) is 12.1 Å². The predicted octanol–water partition coefficient (Wildman–Crippen LogP) is 3.01. The van der Waals surface area contributed by atoms with Crippen molar-refractivity contribution >= 4 is 33.7 Å². The molecule has 120 valence electrons. The van der Waals surface area contributed by atoms with E-state index in [9.17, 15) is 18.4 Å². The summed E-state index contributed by atoms with van der Waals surface area (Å²) in [7, 11) is 1.14. The summed E-state index contributed by atoms with van der Waals surface area (Å²) in [6, 6.07) is 4.10. The van der Waals surface area contributed by atoms with Gasteiger partial charge in [-0.1, -0.05) is 22.0 Å². The van der Waals surface area contributed by atoms with Crippen molar-refractivity contribution in [2.24, 2.45) is 5.10 Å². The summed E-state index contributed by atoms with van der Waals surface area (Å²) in [5.74, 6) is -0.572. The molecule has 0 aromatic heterocycles. The molecule has 22 heavy (non-hydrogen) atoms. The van der Waals surface area contributed by atoms with Gasteiger partial charge in [-0.2, -0.15) is 5.10 Å². The highest BCUT2D eigenvalue weighted by atomic mass is 79.9. The van der Waals surface area contributed by atoms with Crippen molar-refractivity contribution in [3.63, 3.8) is 0 Å². The fourth-order valence-corrected chi connectivity index (χ4v) is 1.82. The Kier molecular flexibility index (Phi) is 6.90. The Balaban J connectivity index is 3.11. The van der Waals surface area contributed by atoms with E-state index in [-0.39, 0.29) is 27.9 Å². The molecule has 0 saturated carbocycles. The van der Waals surface area contributed by atoms with Gasteiger partial charge in [0.05, 0.1) is 7.11 Å². The van der Waals surface area contributed by atoms with Crippen LogP contribution in [0.15, 0.2) is 27.8 Å². The maximum atomic E-state index is 12.9. The second-order valence-corrected chi connectivity index (χ2v) is 4.83. The van der Waals surface area contributed by atoms with Crippen LogP contribution in [0.2, 0.25) is 0 Å². The molecule has 0 fully saturated rings. The Hall–Kier alpha value is -2.03. The fraction of sp³-hybridized carbons (Fsp3) is 0.308. The average molecular weight is 379 g/mol. The van der Waals surface area contributed by atoms with E-state index in [0.29, 0.717) is 0 Å². The number of carbonyl (C=O) groups is 2. The molecule has 1 aromatic carbocycles. The third-order valence-corrected chi connectivity index (χ3v) is 3.17. The molecular weight excluding hydrogens is 366 g/mol. The van der Waals surface area contributed by atoms with E-state index in [0.717, 1.165) is 7.11 Å². The Morgan fingerprint density at radius 2 is 2.09 bits per heavy atom. The molecule has 0 aliphatic heterocycles. The molecule has 0 aliphatic rings. The van der Waals surface area contributed by atoms with Crippen LogP contribution in [-0.4, -0.2) is 31.5 Å². The number of alkyl halides is 2. The third-order valence-electron chi connectivity index (χ3n) is 2.44. The summed E-state index contributed by atoms with van der Waals surface area (Å²) in [5.41, 5.74) is 2.18. The molecule has 9 heteroatoms. The number of hydrogen-bond donors (Lipinski definition) is 1. The number of methoxy groups -OCH3 is 1. The van der Waals surface area contributed by atoms with Crippen LogP contribution in [0.4, 0.5) is 13.6 Å². The van der Waals surface area contributed by atoms with Crippen molar-refractivity contribution in [2.75, 3.05) is 13.7 Å². The van der Waals surface area contributed by atoms with Gasteiger partial charge in [0.25, 0.3) is 6.43 Å². The highest BCUT2D eigenvalue weighted by Crippen LogP contribution is 2.28. The van der Waals surface area contributed by atoms with Gasteiger partial charge >= 0.3 is 12.1 Å². The van der Waals surface area contributed by atoms with Crippen LogP contribution >= 0.6 is 15.9 Å².